The van der Waals surface area contributed by atoms with E-state index >= 15 is 0 Å². The van der Waals surface area contributed by atoms with Gasteiger partial charge in [0.15, 0.2) is 0 Å². The lowest BCUT2D eigenvalue weighted by Crippen LogP contribution is -2.56. The molecule has 1 fully saturated rings. The second-order valence-electron chi connectivity index (χ2n) is 5.23. The van der Waals surface area contributed by atoms with Crippen LogP contribution in [0, 0.1) is 5.82 Å². The van der Waals surface area contributed by atoms with Gasteiger partial charge in [-0.2, -0.15) is 0 Å². The fourth-order valence-electron chi connectivity index (χ4n) is 2.29. The Labute approximate surface area is 110 Å². The molecule has 1 aliphatic rings. The van der Waals surface area contributed by atoms with Crippen molar-refractivity contribution >= 4 is 15.9 Å². The van der Waals surface area contributed by atoms with Crippen LogP contribution in [0.25, 0.3) is 0 Å². The fourth-order valence-corrected chi connectivity index (χ4v) is 2.68. The Morgan fingerprint density at radius 1 is 1.47 bits per heavy atom. The topological polar surface area (TPSA) is 15.3 Å². The maximum Gasteiger partial charge on any atom is 0.137 e. The lowest BCUT2D eigenvalue weighted by atomic mass is 10.0. The highest BCUT2D eigenvalue weighted by Crippen LogP contribution is 2.23. The lowest BCUT2D eigenvalue weighted by molar-refractivity contribution is 0.148. The van der Waals surface area contributed by atoms with Crippen LogP contribution in [-0.2, 0) is 6.54 Å². The van der Waals surface area contributed by atoms with Crippen LogP contribution in [0.2, 0.25) is 0 Å². The molecule has 94 valence electrons. The van der Waals surface area contributed by atoms with E-state index in [4.69, 9.17) is 0 Å². The minimum atomic E-state index is -0.183. The van der Waals surface area contributed by atoms with E-state index in [0.29, 0.717) is 4.47 Å². The second-order valence-corrected chi connectivity index (χ2v) is 6.03. The molecule has 0 atom stereocenters. The first kappa shape index (κ1) is 13.0. The number of hydrogen-bond acceptors (Lipinski definition) is 2. The van der Waals surface area contributed by atoms with Gasteiger partial charge in [0.25, 0.3) is 0 Å². The molecular formula is C13H18BrFN2. The molecule has 0 bridgehead atoms. The summed E-state index contributed by atoms with van der Waals surface area (Å²) in [7, 11) is 0. The van der Waals surface area contributed by atoms with Crippen molar-refractivity contribution in [3.05, 3.63) is 34.1 Å². The highest BCUT2D eigenvalue weighted by atomic mass is 79.9. The van der Waals surface area contributed by atoms with Crippen molar-refractivity contribution in [2.45, 2.75) is 25.9 Å². The third-order valence-electron chi connectivity index (χ3n) is 3.08. The summed E-state index contributed by atoms with van der Waals surface area (Å²) in [6.45, 7) is 8.16. The van der Waals surface area contributed by atoms with Crippen molar-refractivity contribution < 1.29 is 4.39 Å². The van der Waals surface area contributed by atoms with Gasteiger partial charge in [0.2, 0.25) is 0 Å². The summed E-state index contributed by atoms with van der Waals surface area (Å²) in [5.74, 6) is -0.183. The summed E-state index contributed by atoms with van der Waals surface area (Å²) in [5, 5.41) is 3.47. The summed E-state index contributed by atoms with van der Waals surface area (Å²) >= 11 is 3.32. The van der Waals surface area contributed by atoms with Crippen molar-refractivity contribution in [1.82, 2.24) is 10.2 Å². The van der Waals surface area contributed by atoms with Gasteiger partial charge in [-0.3, -0.25) is 4.90 Å². The van der Waals surface area contributed by atoms with E-state index < -0.39 is 0 Å². The Morgan fingerprint density at radius 3 is 2.94 bits per heavy atom. The molecule has 17 heavy (non-hydrogen) atoms. The molecule has 0 radical (unpaired) electrons. The van der Waals surface area contributed by atoms with Crippen molar-refractivity contribution in [2.24, 2.45) is 0 Å². The molecule has 0 aliphatic carbocycles. The van der Waals surface area contributed by atoms with Crippen LogP contribution in [0.3, 0.4) is 0 Å². The number of piperazine rings is 1. The first-order valence-electron chi connectivity index (χ1n) is 5.88. The maximum atomic E-state index is 13.4. The van der Waals surface area contributed by atoms with Crippen molar-refractivity contribution in [3.63, 3.8) is 0 Å². The van der Waals surface area contributed by atoms with Gasteiger partial charge in [0.1, 0.15) is 5.82 Å². The molecule has 0 unspecified atom stereocenters. The third-order valence-corrected chi connectivity index (χ3v) is 3.96. The number of nitrogens with zero attached hydrogens (tertiary/aromatic N) is 1. The normalized spacial score (nSPS) is 20.5. The summed E-state index contributed by atoms with van der Waals surface area (Å²) < 4.78 is 14.0. The van der Waals surface area contributed by atoms with Crippen LogP contribution < -0.4 is 5.32 Å². The molecule has 4 heteroatoms. The van der Waals surface area contributed by atoms with Gasteiger partial charge in [-0.15, -0.1) is 0 Å². The third kappa shape index (κ3) is 3.27. The minimum absolute atomic E-state index is 0.137. The zero-order valence-electron chi connectivity index (χ0n) is 10.3. The molecule has 2 rings (SSSR count). The SMILES string of the molecule is CC1(C)CN(Cc2cccc(F)c2Br)CCN1. The van der Waals surface area contributed by atoms with Crippen LogP contribution in [-0.4, -0.2) is 30.1 Å². The van der Waals surface area contributed by atoms with E-state index in [1.807, 2.05) is 6.07 Å². The quantitative estimate of drug-likeness (QED) is 0.903. The van der Waals surface area contributed by atoms with E-state index in [0.717, 1.165) is 31.7 Å². The highest BCUT2D eigenvalue weighted by molar-refractivity contribution is 9.10. The zero-order valence-corrected chi connectivity index (χ0v) is 11.8. The molecule has 2 nitrogen and oxygen atoms in total. The van der Waals surface area contributed by atoms with E-state index in [-0.39, 0.29) is 11.4 Å². The van der Waals surface area contributed by atoms with Gasteiger partial charge in [-0.25, -0.2) is 4.39 Å². The molecule has 1 aromatic carbocycles. The Balaban J connectivity index is 2.08. The molecule has 1 aromatic rings. The number of benzene rings is 1. The standard InChI is InChI=1S/C13H18BrFN2/c1-13(2)9-17(7-6-16-13)8-10-4-3-5-11(15)12(10)14/h3-5,16H,6-9H2,1-2H3. The maximum absolute atomic E-state index is 13.4. The van der Waals surface area contributed by atoms with Crippen LogP contribution >= 0.6 is 15.9 Å². The Kier molecular flexibility index (Phi) is 3.85. The number of hydrogen-bond donors (Lipinski definition) is 1. The van der Waals surface area contributed by atoms with Crippen LogP contribution in [0.1, 0.15) is 19.4 Å². The van der Waals surface area contributed by atoms with Crippen molar-refractivity contribution in [2.75, 3.05) is 19.6 Å². The van der Waals surface area contributed by atoms with Gasteiger partial charge in [0.05, 0.1) is 4.47 Å². The predicted molar refractivity (Wildman–Crippen MR) is 71.5 cm³/mol. The Bertz CT molecular complexity index is 406. The van der Waals surface area contributed by atoms with Gasteiger partial charge in [0, 0.05) is 31.7 Å². The fraction of sp³-hybridized carbons (Fsp3) is 0.538. The molecule has 1 saturated heterocycles. The second kappa shape index (κ2) is 5.04. The van der Waals surface area contributed by atoms with Gasteiger partial charge in [-0.05, 0) is 41.4 Å². The van der Waals surface area contributed by atoms with E-state index in [9.17, 15) is 4.39 Å². The van der Waals surface area contributed by atoms with Gasteiger partial charge in [-0.1, -0.05) is 12.1 Å². The molecule has 1 heterocycles. The number of nitrogens with one attached hydrogen (secondary N) is 1. The average Bonchev–Trinajstić information content (AvgIpc) is 2.23. The molecule has 1 aliphatic heterocycles. The predicted octanol–water partition coefficient (Wildman–Crippen LogP) is 2.77. The summed E-state index contributed by atoms with van der Waals surface area (Å²) in [4.78, 5) is 2.36. The largest absolute Gasteiger partial charge is 0.309 e. The summed E-state index contributed by atoms with van der Waals surface area (Å²) in [6, 6.07) is 5.22. The minimum Gasteiger partial charge on any atom is -0.309 e. The van der Waals surface area contributed by atoms with Gasteiger partial charge < -0.3 is 5.32 Å². The molecule has 1 N–H and O–H groups in total. The first-order chi connectivity index (χ1) is 7.98. The molecule has 0 saturated carbocycles. The van der Waals surface area contributed by atoms with Crippen LogP contribution in [0.15, 0.2) is 22.7 Å². The van der Waals surface area contributed by atoms with Crippen molar-refractivity contribution in [1.29, 1.82) is 0 Å². The number of halogens is 2. The number of rotatable bonds is 2. The summed E-state index contributed by atoms with van der Waals surface area (Å²) in [6.07, 6.45) is 0. The van der Waals surface area contributed by atoms with Crippen LogP contribution in [0.5, 0.6) is 0 Å². The summed E-state index contributed by atoms with van der Waals surface area (Å²) in [5.41, 5.74) is 1.15. The smallest absolute Gasteiger partial charge is 0.137 e. The Morgan fingerprint density at radius 2 is 2.24 bits per heavy atom. The lowest BCUT2D eigenvalue weighted by Gasteiger charge is -2.39. The van der Waals surface area contributed by atoms with E-state index in [2.05, 4.69) is 40.0 Å². The molecule has 0 aromatic heterocycles. The molecule has 0 amide bonds. The average molecular weight is 301 g/mol. The van der Waals surface area contributed by atoms with E-state index in [1.54, 1.807) is 6.07 Å². The van der Waals surface area contributed by atoms with Crippen molar-refractivity contribution in [3.8, 4) is 0 Å². The monoisotopic (exact) mass is 300 g/mol. The Hall–Kier alpha value is -0.450. The molecular weight excluding hydrogens is 283 g/mol. The molecule has 0 spiro atoms. The van der Waals surface area contributed by atoms with Gasteiger partial charge >= 0.3 is 0 Å². The zero-order chi connectivity index (χ0) is 12.5. The van der Waals surface area contributed by atoms with Crippen LogP contribution in [0.4, 0.5) is 4.39 Å². The highest BCUT2D eigenvalue weighted by Gasteiger charge is 2.25. The first-order valence-corrected chi connectivity index (χ1v) is 6.67. The van der Waals surface area contributed by atoms with E-state index in [1.165, 1.54) is 6.07 Å².